The summed E-state index contributed by atoms with van der Waals surface area (Å²) < 4.78 is 0. The maximum absolute atomic E-state index is 12.5. The lowest BCUT2D eigenvalue weighted by Crippen LogP contribution is -2.36. The number of carbonyl (C=O) groups excluding carboxylic acids is 1. The van der Waals surface area contributed by atoms with E-state index in [0.29, 0.717) is 12.0 Å². The average Bonchev–Trinajstić information content (AvgIpc) is 3.19. The summed E-state index contributed by atoms with van der Waals surface area (Å²) in [4.78, 5) is 15.7. The Bertz CT molecular complexity index is 409. The number of carbonyl (C=O) groups is 1. The zero-order valence-electron chi connectivity index (χ0n) is 11.3. The molecule has 0 aliphatic heterocycles. The molecule has 1 saturated carbocycles. The predicted octanol–water partition coefficient (Wildman–Crippen LogP) is 3.67. The molecule has 0 saturated heterocycles. The van der Waals surface area contributed by atoms with Gasteiger partial charge in [-0.05, 0) is 49.3 Å². The van der Waals surface area contributed by atoms with Crippen LogP contribution in [0.2, 0.25) is 0 Å². The fourth-order valence-electron chi connectivity index (χ4n) is 2.08. The van der Waals surface area contributed by atoms with Gasteiger partial charge in [0, 0.05) is 23.0 Å². The van der Waals surface area contributed by atoms with E-state index >= 15 is 0 Å². The molecule has 98 valence electrons. The first-order chi connectivity index (χ1) is 8.61. The van der Waals surface area contributed by atoms with E-state index in [1.807, 2.05) is 30.5 Å². The summed E-state index contributed by atoms with van der Waals surface area (Å²) >= 11 is 1.70. The topological polar surface area (TPSA) is 20.3 Å². The fourth-order valence-corrected chi connectivity index (χ4v) is 2.49. The number of nitrogens with zero attached hydrogens (tertiary/aromatic N) is 1. The smallest absolute Gasteiger partial charge is 0.254 e. The molecular formula is C15H21NOS. The van der Waals surface area contributed by atoms with Gasteiger partial charge in [-0.15, -0.1) is 11.8 Å². The molecule has 3 heteroatoms. The van der Waals surface area contributed by atoms with E-state index in [2.05, 4.69) is 18.7 Å². The van der Waals surface area contributed by atoms with Crippen molar-refractivity contribution < 1.29 is 4.79 Å². The highest BCUT2D eigenvalue weighted by Crippen LogP contribution is 2.29. The molecule has 0 radical (unpaired) electrons. The Balaban J connectivity index is 2.11. The molecule has 1 aromatic rings. The number of thioether (sulfide) groups is 1. The van der Waals surface area contributed by atoms with Gasteiger partial charge in [0.25, 0.3) is 5.91 Å². The monoisotopic (exact) mass is 263 g/mol. The minimum atomic E-state index is 0.193. The number of hydrogen-bond acceptors (Lipinski definition) is 2. The average molecular weight is 263 g/mol. The molecule has 1 amide bonds. The molecule has 0 aromatic heterocycles. The van der Waals surface area contributed by atoms with Crippen LogP contribution in [0, 0.1) is 5.92 Å². The highest BCUT2D eigenvalue weighted by molar-refractivity contribution is 7.98. The van der Waals surface area contributed by atoms with Crippen LogP contribution in [0.1, 0.15) is 37.0 Å². The van der Waals surface area contributed by atoms with E-state index in [1.54, 1.807) is 11.8 Å². The molecule has 2 nitrogen and oxygen atoms in total. The molecular weight excluding hydrogens is 242 g/mol. The summed E-state index contributed by atoms with van der Waals surface area (Å²) in [6.07, 6.45) is 4.38. The van der Waals surface area contributed by atoms with Gasteiger partial charge in [0.15, 0.2) is 0 Å². The minimum Gasteiger partial charge on any atom is -0.335 e. The third kappa shape index (κ3) is 3.29. The minimum absolute atomic E-state index is 0.193. The quantitative estimate of drug-likeness (QED) is 0.755. The third-order valence-electron chi connectivity index (χ3n) is 3.15. The molecule has 2 rings (SSSR count). The van der Waals surface area contributed by atoms with Crippen LogP contribution in [0.4, 0.5) is 0 Å². The summed E-state index contributed by atoms with van der Waals surface area (Å²) in [5.74, 6) is 0.721. The highest BCUT2D eigenvalue weighted by Gasteiger charge is 2.33. The predicted molar refractivity (Wildman–Crippen MR) is 77.1 cm³/mol. The second kappa shape index (κ2) is 5.79. The fraction of sp³-hybridized carbons (Fsp3) is 0.533. The first-order valence-electron chi connectivity index (χ1n) is 6.57. The van der Waals surface area contributed by atoms with Crippen molar-refractivity contribution in [1.82, 2.24) is 4.90 Å². The van der Waals surface area contributed by atoms with Gasteiger partial charge >= 0.3 is 0 Å². The second-order valence-corrected chi connectivity index (χ2v) is 6.19. The molecule has 0 heterocycles. The maximum atomic E-state index is 12.5. The Morgan fingerprint density at radius 1 is 1.33 bits per heavy atom. The van der Waals surface area contributed by atoms with Crippen LogP contribution in [-0.4, -0.2) is 29.6 Å². The van der Waals surface area contributed by atoms with Crippen LogP contribution >= 0.6 is 11.8 Å². The molecule has 18 heavy (non-hydrogen) atoms. The van der Waals surface area contributed by atoms with Gasteiger partial charge in [0.1, 0.15) is 0 Å². The van der Waals surface area contributed by atoms with Gasteiger partial charge in [0.05, 0.1) is 0 Å². The number of benzene rings is 1. The van der Waals surface area contributed by atoms with Gasteiger partial charge in [-0.3, -0.25) is 4.79 Å². The Morgan fingerprint density at radius 2 is 1.94 bits per heavy atom. The Hall–Kier alpha value is -0.960. The van der Waals surface area contributed by atoms with Crippen LogP contribution in [0.25, 0.3) is 0 Å². The van der Waals surface area contributed by atoms with Crippen LogP contribution in [-0.2, 0) is 0 Å². The summed E-state index contributed by atoms with van der Waals surface area (Å²) in [6.45, 7) is 5.20. The van der Waals surface area contributed by atoms with Crippen molar-refractivity contribution in [3.8, 4) is 0 Å². The number of amides is 1. The summed E-state index contributed by atoms with van der Waals surface area (Å²) in [7, 11) is 0. The van der Waals surface area contributed by atoms with Gasteiger partial charge in [-0.25, -0.2) is 0 Å². The molecule has 0 N–H and O–H groups in total. The van der Waals surface area contributed by atoms with Crippen LogP contribution < -0.4 is 0 Å². The largest absolute Gasteiger partial charge is 0.335 e. The first kappa shape index (κ1) is 13.5. The first-order valence-corrected chi connectivity index (χ1v) is 7.79. The third-order valence-corrected chi connectivity index (χ3v) is 3.89. The molecule has 0 unspecified atom stereocenters. The normalized spacial score (nSPS) is 14.9. The lowest BCUT2D eigenvalue weighted by atomic mass is 10.1. The standard InChI is InChI=1S/C15H21NOS/c1-11(2)10-16(13-6-7-13)15(17)12-4-8-14(18-3)9-5-12/h4-5,8-9,11,13H,6-7,10H2,1-3H3. The van der Waals surface area contributed by atoms with E-state index in [4.69, 9.17) is 0 Å². The van der Waals surface area contributed by atoms with Crippen molar-refractivity contribution in [2.75, 3.05) is 12.8 Å². The molecule has 1 aromatic carbocycles. The zero-order valence-corrected chi connectivity index (χ0v) is 12.2. The lowest BCUT2D eigenvalue weighted by molar-refractivity contribution is 0.0722. The van der Waals surface area contributed by atoms with Crippen molar-refractivity contribution >= 4 is 17.7 Å². The lowest BCUT2D eigenvalue weighted by Gasteiger charge is -2.24. The van der Waals surface area contributed by atoms with Crippen molar-refractivity contribution in [1.29, 1.82) is 0 Å². The molecule has 0 spiro atoms. The van der Waals surface area contributed by atoms with Crippen molar-refractivity contribution in [3.05, 3.63) is 29.8 Å². The van der Waals surface area contributed by atoms with E-state index in [-0.39, 0.29) is 5.91 Å². The molecule has 1 aliphatic rings. The SMILES string of the molecule is CSc1ccc(C(=O)N(CC(C)C)C2CC2)cc1. The number of rotatable bonds is 5. The Labute approximate surface area is 114 Å². The Kier molecular flexibility index (Phi) is 4.33. The van der Waals surface area contributed by atoms with Crippen molar-refractivity contribution in [3.63, 3.8) is 0 Å². The number of hydrogen-bond donors (Lipinski definition) is 0. The van der Waals surface area contributed by atoms with Gasteiger partial charge in [-0.2, -0.15) is 0 Å². The zero-order chi connectivity index (χ0) is 13.1. The summed E-state index contributed by atoms with van der Waals surface area (Å²) in [5.41, 5.74) is 0.820. The summed E-state index contributed by atoms with van der Waals surface area (Å²) in [6, 6.07) is 8.44. The Morgan fingerprint density at radius 3 is 2.39 bits per heavy atom. The second-order valence-electron chi connectivity index (χ2n) is 5.31. The summed E-state index contributed by atoms with van der Waals surface area (Å²) in [5, 5.41) is 0. The maximum Gasteiger partial charge on any atom is 0.254 e. The molecule has 1 aliphatic carbocycles. The highest BCUT2D eigenvalue weighted by atomic mass is 32.2. The molecule has 1 fully saturated rings. The van der Waals surface area contributed by atoms with Crippen LogP contribution in [0.5, 0.6) is 0 Å². The van der Waals surface area contributed by atoms with Crippen molar-refractivity contribution in [2.45, 2.75) is 37.6 Å². The van der Waals surface area contributed by atoms with Gasteiger partial charge in [0.2, 0.25) is 0 Å². The van der Waals surface area contributed by atoms with Crippen LogP contribution in [0.3, 0.4) is 0 Å². The van der Waals surface area contributed by atoms with Crippen molar-refractivity contribution in [2.24, 2.45) is 5.92 Å². The van der Waals surface area contributed by atoms with E-state index in [0.717, 1.165) is 12.1 Å². The van der Waals surface area contributed by atoms with E-state index in [1.165, 1.54) is 17.7 Å². The van der Waals surface area contributed by atoms with Gasteiger partial charge < -0.3 is 4.90 Å². The molecule has 0 bridgehead atoms. The molecule has 0 atom stereocenters. The van der Waals surface area contributed by atoms with E-state index in [9.17, 15) is 4.79 Å². The van der Waals surface area contributed by atoms with Gasteiger partial charge in [-0.1, -0.05) is 13.8 Å². The van der Waals surface area contributed by atoms with Crippen LogP contribution in [0.15, 0.2) is 29.2 Å². The van der Waals surface area contributed by atoms with E-state index < -0.39 is 0 Å².